The van der Waals surface area contributed by atoms with E-state index in [4.69, 9.17) is 0 Å². The summed E-state index contributed by atoms with van der Waals surface area (Å²) in [5, 5.41) is 0. The van der Waals surface area contributed by atoms with E-state index in [2.05, 4.69) is 500 Å². The van der Waals surface area contributed by atoms with Gasteiger partial charge < -0.3 is 0 Å². The van der Waals surface area contributed by atoms with Crippen LogP contribution in [0.4, 0.5) is 0 Å². The van der Waals surface area contributed by atoms with Gasteiger partial charge in [0.05, 0.1) is 0 Å². The second-order valence-electron chi connectivity index (χ2n) is 17.9. The normalized spacial score (nSPS) is 15.9. The highest BCUT2D eigenvalue weighted by Gasteiger charge is 2.65. The predicted molar refractivity (Wildman–Crippen MR) is 934 cm³/mol. The quantitative estimate of drug-likeness (QED) is 0.0533. The van der Waals surface area contributed by atoms with Crippen LogP contribution in [0.25, 0.3) is 0 Å². The van der Waals surface area contributed by atoms with E-state index in [1.807, 2.05) is 0 Å². The van der Waals surface area contributed by atoms with Gasteiger partial charge >= 0.3 is 0 Å². The Morgan fingerprint density at radius 2 is 0.179 bits per heavy atom. The Morgan fingerprint density at radius 3 is 0.259 bits per heavy atom. The van der Waals surface area contributed by atoms with Crippen LogP contribution in [0.15, 0.2) is 0 Å². The first kappa shape index (κ1) is 160. The molecule has 62 atom stereocenters. The largest absolute Gasteiger partial charge is 0.109 e. The summed E-state index contributed by atoms with van der Waals surface area (Å²) in [5.74, 6) is 0. The van der Waals surface area contributed by atoms with Gasteiger partial charge in [0.1, 0.15) is 0 Å². The maximum Gasteiger partial charge on any atom is -0.000359 e. The lowest BCUT2D eigenvalue weighted by atomic mass is 28.4. The molecule has 0 saturated heterocycles. The molecule has 0 aromatic carbocycles. The second kappa shape index (κ2) is 88.5. The van der Waals surface area contributed by atoms with Gasteiger partial charge in [-0.25, -0.2) is 0 Å². The zero-order valence-corrected chi connectivity index (χ0v) is 172. The Labute approximate surface area is 878 Å². The van der Waals surface area contributed by atoms with Crippen molar-refractivity contribution in [2.24, 2.45) is 0 Å². The topological polar surface area (TPSA) is 0 Å². The highest BCUT2D eigenvalue weighted by Crippen LogP contribution is 3.53. The van der Waals surface area contributed by atoms with Gasteiger partial charge in [0.2, 0.25) is 0 Å². The van der Waals surface area contributed by atoms with Gasteiger partial charge in [0, 0.05) is 0 Å². The van der Waals surface area contributed by atoms with Crippen LogP contribution in [-0.4, -0.2) is 0 Å². The average molecular weight is 3580 g/mol. The molecule has 0 aliphatic carbocycles. The molecule has 0 saturated carbocycles. The molecule has 0 aromatic heterocycles. The first-order chi connectivity index (χ1) is 51.0. The van der Waals surface area contributed by atoms with Gasteiger partial charge in [-0.3, -0.25) is 0 Å². The van der Waals surface area contributed by atoms with Crippen LogP contribution >= 0.6 is 893 Å². The van der Waals surface area contributed by atoms with Crippen LogP contribution in [0.2, 0.25) is 0 Å². The zero-order valence-electron chi connectivity index (χ0n) is 57.5. The molecule has 0 aliphatic rings. The molecule has 0 aromatic rings. The smallest absolute Gasteiger partial charge is 0.000359 e. The Balaban J connectivity index is 14.9. The van der Waals surface area contributed by atoms with E-state index in [-0.39, 0.29) is 6.99 Å². The molecular formula is H114P112. The average Bonchev–Trinajstić information content (AvgIpc) is 0.723. The fourth-order valence-electron chi connectivity index (χ4n) is 6.86. The van der Waals surface area contributed by atoms with Gasteiger partial charge in [-0.05, 0) is 385 Å². The Hall–Kier alpha value is 48.2. The molecule has 0 N–H and O–H groups in total. The van der Waals surface area contributed by atoms with E-state index in [0.29, 0.717) is 0 Å². The van der Waals surface area contributed by atoms with E-state index in [1.165, 1.54) is 0 Å². The lowest BCUT2D eigenvalue weighted by Crippen LogP contribution is -1.74. The molecule has 674 valence electrons. The third kappa shape index (κ3) is 56.8. The lowest BCUT2D eigenvalue weighted by molar-refractivity contribution is 4.32. The number of hydrogen-bond donors (Lipinski definition) is 0. The van der Waals surface area contributed by atoms with Crippen LogP contribution in [0.1, 0.15) is 0 Å². The van der Waals surface area contributed by atoms with Gasteiger partial charge in [0.15, 0.2) is 0 Å². The molecule has 0 nitrogen and oxygen atoms in total. The van der Waals surface area contributed by atoms with Crippen LogP contribution in [-0.2, 0) is 0 Å². The Morgan fingerprint density at radius 1 is 0.0982 bits per heavy atom. The van der Waals surface area contributed by atoms with Gasteiger partial charge in [-0.1, -0.05) is 7.96 Å². The van der Waals surface area contributed by atoms with Crippen molar-refractivity contribution in [3.05, 3.63) is 0 Å². The minimum atomic E-state index is -0.645. The highest BCUT2D eigenvalue weighted by atomic mass is 33.6. The van der Waals surface area contributed by atoms with Crippen molar-refractivity contribution in [1.29, 1.82) is 0 Å². The van der Waals surface area contributed by atoms with Gasteiger partial charge in [-0.2, -0.15) is 0 Å². The lowest BCUT2D eigenvalue weighted by Gasteiger charge is -2.62. The van der Waals surface area contributed by atoms with E-state index < -0.39 is 370 Å². The van der Waals surface area contributed by atoms with E-state index in [9.17, 15) is 0 Å². The minimum absolute atomic E-state index is 0.351. The first-order valence-electron chi connectivity index (χ1n) is 25.6. The maximum atomic E-state index is 3.93. The van der Waals surface area contributed by atoms with Gasteiger partial charge in [-0.15, -0.1) is 500 Å². The van der Waals surface area contributed by atoms with E-state index in [1.54, 1.807) is 0 Å². The summed E-state index contributed by atoms with van der Waals surface area (Å²) in [4.78, 5) is 0. The third-order valence-corrected chi connectivity index (χ3v) is 807. The van der Waals surface area contributed by atoms with Crippen molar-refractivity contribution >= 4 is 893 Å². The van der Waals surface area contributed by atoms with Crippen LogP contribution in [0.3, 0.4) is 0 Å². The predicted octanol–water partition coefficient (Wildman–Crippen LogP) is 65.9. The summed E-state index contributed by atoms with van der Waals surface area (Å²) in [7, 11) is 216. The Bertz CT molecular complexity index is 1910. The van der Waals surface area contributed by atoms with E-state index in [0.717, 1.165) is 15.9 Å². The first-order valence-corrected chi connectivity index (χ1v) is 230. The zero-order chi connectivity index (χ0) is 88.6. The summed E-state index contributed by atoms with van der Waals surface area (Å²) in [5.41, 5.74) is 0. The molecule has 0 aliphatic heterocycles. The SMILES string of the molecule is PPP(P)P(P(P)P)P(P(PP(P(P(P(P(P)P)P(P)P)P(P(P)P)P(P)P)P(P(P(P)P)P(P)P)P(P(P)P)P(P)P)P(P(P(P(P)P)P(P)P)P(P(P)P)P(P)P)P(P(P(P)P)P(P)P)P(P(P)P)P(P)P)P(P(P(P(P)P)P(P)P)P(P(P)P)P(P)P)P(P(P(P)P)P(P)P)P(P(P)P)P(P)P)P(P(P)P)P(P)P. The molecule has 0 radical (unpaired) electrons. The van der Waals surface area contributed by atoms with E-state index >= 15 is 0 Å². The summed E-state index contributed by atoms with van der Waals surface area (Å²) in [6.07, 6.45) is 0. The van der Waals surface area contributed by atoms with Crippen molar-refractivity contribution in [1.82, 2.24) is 0 Å². The van der Waals surface area contributed by atoms with Crippen molar-refractivity contribution in [2.45, 2.75) is 0 Å². The fraction of sp³-hybridized carbons (Fsp3) is 0. The second-order valence-corrected chi connectivity index (χ2v) is 482. The van der Waals surface area contributed by atoms with Crippen LogP contribution < -0.4 is 0 Å². The molecule has 62 unspecified atom stereocenters. The molecule has 0 heterocycles. The number of rotatable bonds is 55. The number of hydrogen-bond acceptors (Lipinski definition) is 0. The summed E-state index contributed by atoms with van der Waals surface area (Å²) < 4.78 is 0. The minimum Gasteiger partial charge on any atom is -0.109 e. The fourth-order valence-corrected chi connectivity index (χ4v) is 1670. The Kier molecular flexibility index (Phi) is 126. The van der Waals surface area contributed by atoms with Crippen molar-refractivity contribution in [3.8, 4) is 0 Å². The van der Waals surface area contributed by atoms with Gasteiger partial charge in [0.25, 0.3) is 0 Å². The summed E-state index contributed by atoms with van der Waals surface area (Å²) in [6, 6.07) is 0. The molecule has 0 bridgehead atoms. The summed E-state index contributed by atoms with van der Waals surface area (Å²) in [6.45, 7) is -24.3. The molecule has 112 heteroatoms. The van der Waals surface area contributed by atoms with Crippen molar-refractivity contribution in [3.63, 3.8) is 0 Å². The monoisotopic (exact) mass is 3580 g/mol. The van der Waals surface area contributed by atoms with Crippen molar-refractivity contribution < 1.29 is 0 Å². The molecule has 0 spiro atoms. The molecular weight excluding hydrogens is 3470 g/mol. The van der Waals surface area contributed by atoms with Crippen LogP contribution in [0, 0.1) is 0 Å². The third-order valence-electron chi connectivity index (χ3n) is 9.96. The van der Waals surface area contributed by atoms with Crippen molar-refractivity contribution in [2.75, 3.05) is 0 Å². The standard InChI is InChI=1S/H114P112/c1-57-86(56)102(85(54)55)103(89(59(2)3)60(4)5)87(104(107(90(61(6)7)62(8)9)91(63(10)11)64(12)13)108(92(65(14)15)66(16)17)93(67(18)19)68(20)21)58-88(105(109(94(69(22)23)70(24)25)95(71(26)27)72(28)29)110(96(73(30)31)74(32)33)97(75(34)35)76(36)37)106(111(98(77(38)39)78(40)41)99(79(42)43)80(44)45)112(100(81(46)47)82(48)49)101(83(50)51)84(52)53/h57-58H,1-56H2. The summed E-state index contributed by atoms with van der Waals surface area (Å²) >= 11 is 0. The molecule has 0 amide bonds. The molecule has 112 heavy (non-hydrogen) atoms. The molecule has 0 rings (SSSR count). The maximum absolute atomic E-state index is 3.93. The molecule has 0 fully saturated rings. The van der Waals surface area contributed by atoms with Crippen LogP contribution in [0.5, 0.6) is 0 Å². The highest BCUT2D eigenvalue weighted by molar-refractivity contribution is 9.59.